The summed E-state index contributed by atoms with van der Waals surface area (Å²) in [6.07, 6.45) is 0.651. The van der Waals surface area contributed by atoms with Crippen molar-refractivity contribution < 1.29 is 17.9 Å². The molecule has 0 saturated carbocycles. The quantitative estimate of drug-likeness (QED) is 0.343. The van der Waals surface area contributed by atoms with Crippen LogP contribution in [-0.4, -0.2) is 13.7 Å². The van der Waals surface area contributed by atoms with Crippen molar-refractivity contribution in [2.75, 3.05) is 13.7 Å². The minimum atomic E-state index is -0.869. The van der Waals surface area contributed by atoms with Crippen LogP contribution in [0.5, 0.6) is 0 Å². The van der Waals surface area contributed by atoms with Gasteiger partial charge in [-0.15, -0.1) is 0 Å². The van der Waals surface area contributed by atoms with Crippen molar-refractivity contribution in [2.45, 2.75) is 6.42 Å². The molecule has 0 fully saturated rings. The largest absolute Gasteiger partial charge is 0.384 e. The van der Waals surface area contributed by atoms with E-state index in [-0.39, 0.29) is 11.2 Å². The Morgan fingerprint density at radius 3 is 2.03 bits per heavy atom. The number of hydrogen-bond acceptors (Lipinski definition) is 1. The first-order chi connectivity index (χ1) is 16.0. The molecule has 0 heterocycles. The van der Waals surface area contributed by atoms with E-state index in [1.807, 2.05) is 30.3 Å². The number of halogens is 3. The number of ether oxygens (including phenoxy) is 1. The Morgan fingerprint density at radius 2 is 1.33 bits per heavy atom. The van der Waals surface area contributed by atoms with Gasteiger partial charge >= 0.3 is 0 Å². The minimum absolute atomic E-state index is 0.226. The molecule has 1 nitrogen and oxygen atoms in total. The summed E-state index contributed by atoms with van der Waals surface area (Å²) in [4.78, 5) is 0. The second-order valence-corrected chi connectivity index (χ2v) is 7.43. The maximum atomic E-state index is 14.2. The van der Waals surface area contributed by atoms with Crippen LogP contribution in [0.4, 0.5) is 13.2 Å². The first kappa shape index (κ1) is 22.2. The highest BCUT2D eigenvalue weighted by Crippen LogP contribution is 2.21. The molecular weight excluding hydrogens is 421 g/mol. The van der Waals surface area contributed by atoms with Crippen LogP contribution in [0.2, 0.25) is 0 Å². The van der Waals surface area contributed by atoms with Crippen molar-refractivity contribution in [3.63, 3.8) is 0 Å². The van der Waals surface area contributed by atoms with Crippen LogP contribution in [0.15, 0.2) is 72.8 Å². The predicted octanol–water partition coefficient (Wildman–Crippen LogP) is 6.25. The van der Waals surface area contributed by atoms with E-state index in [2.05, 4.69) is 23.7 Å². The predicted molar refractivity (Wildman–Crippen MR) is 124 cm³/mol. The zero-order valence-electron chi connectivity index (χ0n) is 17.9. The molecule has 4 aromatic carbocycles. The molecule has 0 aliphatic rings. The molecule has 4 rings (SSSR count). The monoisotopic (exact) mass is 440 g/mol. The van der Waals surface area contributed by atoms with Gasteiger partial charge in [0.25, 0.3) is 0 Å². The normalized spacial score (nSPS) is 10.3. The van der Waals surface area contributed by atoms with Gasteiger partial charge in [0, 0.05) is 29.2 Å². The topological polar surface area (TPSA) is 9.23 Å². The third kappa shape index (κ3) is 5.44. The molecule has 0 aromatic heterocycles. The number of methoxy groups -OCH3 is 1. The summed E-state index contributed by atoms with van der Waals surface area (Å²) in [5.41, 5.74) is 3.42. The summed E-state index contributed by atoms with van der Waals surface area (Å²) in [5.74, 6) is 9.84. The molecule has 0 N–H and O–H groups in total. The lowest BCUT2D eigenvalue weighted by Crippen LogP contribution is -1.96. The van der Waals surface area contributed by atoms with Gasteiger partial charge in [-0.25, -0.2) is 13.2 Å². The van der Waals surface area contributed by atoms with Crippen LogP contribution in [0.3, 0.4) is 0 Å². The van der Waals surface area contributed by atoms with Gasteiger partial charge in [-0.2, -0.15) is 0 Å². The van der Waals surface area contributed by atoms with Crippen LogP contribution in [0.25, 0.3) is 10.8 Å². The van der Waals surface area contributed by atoms with Gasteiger partial charge < -0.3 is 4.74 Å². The van der Waals surface area contributed by atoms with Crippen molar-refractivity contribution in [3.05, 3.63) is 118 Å². The Kier molecular flexibility index (Phi) is 6.79. The van der Waals surface area contributed by atoms with E-state index in [4.69, 9.17) is 4.74 Å². The lowest BCUT2D eigenvalue weighted by Gasteiger charge is -2.01. The van der Waals surface area contributed by atoms with Crippen molar-refractivity contribution in [1.29, 1.82) is 0 Å². The molecule has 0 aliphatic heterocycles. The van der Waals surface area contributed by atoms with E-state index in [1.165, 1.54) is 18.2 Å². The van der Waals surface area contributed by atoms with Crippen molar-refractivity contribution in [2.24, 2.45) is 0 Å². The Balaban J connectivity index is 1.48. The fourth-order valence-corrected chi connectivity index (χ4v) is 3.30. The summed E-state index contributed by atoms with van der Waals surface area (Å²) < 4.78 is 46.4. The Labute approximate surface area is 190 Å². The van der Waals surface area contributed by atoms with Gasteiger partial charge in [0.05, 0.1) is 12.2 Å². The third-order valence-corrected chi connectivity index (χ3v) is 5.11. The van der Waals surface area contributed by atoms with E-state index >= 15 is 0 Å². The van der Waals surface area contributed by atoms with E-state index in [0.29, 0.717) is 29.5 Å². The molecule has 0 amide bonds. The lowest BCUT2D eigenvalue weighted by molar-refractivity contribution is 0.202. The molecule has 0 saturated heterocycles. The molecule has 4 aromatic rings. The molecule has 0 radical (unpaired) electrons. The second kappa shape index (κ2) is 10.1. The lowest BCUT2D eigenvalue weighted by atomic mass is 10.1. The molecule has 0 unspecified atom stereocenters. The fraction of sp³-hybridized carbons (Fsp3) is 0.103. The number of hydrogen-bond donors (Lipinski definition) is 0. The van der Waals surface area contributed by atoms with Crippen LogP contribution < -0.4 is 0 Å². The molecule has 0 atom stereocenters. The third-order valence-electron chi connectivity index (χ3n) is 5.11. The average molecular weight is 440 g/mol. The smallest absolute Gasteiger partial charge is 0.166 e. The van der Waals surface area contributed by atoms with Gasteiger partial charge in [-0.1, -0.05) is 41.9 Å². The summed E-state index contributed by atoms with van der Waals surface area (Å²) in [6.45, 7) is 0.541. The summed E-state index contributed by atoms with van der Waals surface area (Å²) >= 11 is 0. The first-order valence-corrected chi connectivity index (χ1v) is 10.3. The highest BCUT2D eigenvalue weighted by atomic mass is 19.2. The van der Waals surface area contributed by atoms with E-state index < -0.39 is 11.6 Å². The van der Waals surface area contributed by atoms with Gasteiger partial charge in [0.2, 0.25) is 0 Å². The van der Waals surface area contributed by atoms with E-state index in [0.717, 1.165) is 22.8 Å². The molecule has 33 heavy (non-hydrogen) atoms. The Morgan fingerprint density at radius 1 is 0.667 bits per heavy atom. The average Bonchev–Trinajstić information content (AvgIpc) is 2.84. The Hall–Kier alpha value is -3.99. The zero-order valence-corrected chi connectivity index (χ0v) is 17.9. The summed E-state index contributed by atoms with van der Waals surface area (Å²) in [6, 6.07) is 19.9. The Bertz CT molecular complexity index is 1430. The number of benzene rings is 4. The van der Waals surface area contributed by atoms with Crippen LogP contribution >= 0.6 is 0 Å². The zero-order chi connectivity index (χ0) is 23.2. The van der Waals surface area contributed by atoms with E-state index in [9.17, 15) is 13.2 Å². The maximum absolute atomic E-state index is 14.2. The fourth-order valence-electron chi connectivity index (χ4n) is 3.30. The van der Waals surface area contributed by atoms with Crippen molar-refractivity contribution in [1.82, 2.24) is 0 Å². The highest BCUT2D eigenvalue weighted by molar-refractivity contribution is 5.84. The minimum Gasteiger partial charge on any atom is -0.384 e. The highest BCUT2D eigenvalue weighted by Gasteiger charge is 2.06. The molecule has 0 aliphatic carbocycles. The van der Waals surface area contributed by atoms with Gasteiger partial charge in [-0.05, 0) is 72.0 Å². The molecule has 0 spiro atoms. The molecule has 162 valence electrons. The SMILES string of the molecule is COCCc1ccc(C#Cc2ccc(C#Cc3ccc4c(F)c(F)ccc4c3)cc2)c(F)c1. The van der Waals surface area contributed by atoms with Crippen molar-refractivity contribution >= 4 is 10.8 Å². The van der Waals surface area contributed by atoms with Gasteiger partial charge in [-0.3, -0.25) is 0 Å². The molecule has 4 heteroatoms. The maximum Gasteiger partial charge on any atom is 0.166 e. The van der Waals surface area contributed by atoms with Crippen LogP contribution in [0.1, 0.15) is 27.8 Å². The van der Waals surface area contributed by atoms with Crippen LogP contribution in [0, 0.1) is 41.1 Å². The van der Waals surface area contributed by atoms with Gasteiger partial charge in [0.1, 0.15) is 5.82 Å². The van der Waals surface area contributed by atoms with E-state index in [1.54, 1.807) is 25.3 Å². The number of rotatable bonds is 3. The summed E-state index contributed by atoms with van der Waals surface area (Å²) in [5, 5.41) is 0.815. The second-order valence-electron chi connectivity index (χ2n) is 7.43. The molecule has 0 bridgehead atoms. The summed E-state index contributed by atoms with van der Waals surface area (Å²) in [7, 11) is 1.61. The van der Waals surface area contributed by atoms with Crippen molar-refractivity contribution in [3.8, 4) is 23.7 Å². The standard InChI is InChI=1S/C29H19F3O/c1-33-17-16-23-9-12-24(28(31)19-23)11-8-21-4-2-20(3-5-21)6-7-22-10-14-26-25(18-22)13-15-27(30)29(26)32/h2-5,9-10,12-15,18-19H,16-17H2,1H3. The van der Waals surface area contributed by atoms with Gasteiger partial charge in [0.15, 0.2) is 11.6 Å². The molecular formula is C29H19F3O. The number of fused-ring (bicyclic) bond motifs is 1. The van der Waals surface area contributed by atoms with Crippen LogP contribution in [-0.2, 0) is 11.2 Å². The first-order valence-electron chi connectivity index (χ1n) is 10.3.